The Bertz CT molecular complexity index is 965. The van der Waals surface area contributed by atoms with Crippen molar-refractivity contribution in [2.24, 2.45) is 0 Å². The molecule has 0 bridgehead atoms. The van der Waals surface area contributed by atoms with E-state index in [1.54, 1.807) is 0 Å². The summed E-state index contributed by atoms with van der Waals surface area (Å²) in [6.07, 6.45) is 16.5. The fourth-order valence-electron chi connectivity index (χ4n) is 5.16. The highest BCUT2D eigenvalue weighted by molar-refractivity contribution is 9.10. The summed E-state index contributed by atoms with van der Waals surface area (Å²) in [6, 6.07) is 4.20. The van der Waals surface area contributed by atoms with Crippen LogP contribution in [-0.4, -0.2) is 66.8 Å². The van der Waals surface area contributed by atoms with Gasteiger partial charge in [-0.1, -0.05) is 18.9 Å². The van der Waals surface area contributed by atoms with E-state index in [0.29, 0.717) is 13.2 Å². The molecular formula is C27H35Br2N3O2. The Morgan fingerprint density at radius 2 is 1.59 bits per heavy atom. The summed E-state index contributed by atoms with van der Waals surface area (Å²) in [4.78, 5) is 5.01. The molecule has 0 aromatic heterocycles. The van der Waals surface area contributed by atoms with Crippen molar-refractivity contribution in [3.63, 3.8) is 0 Å². The molecule has 1 N–H and O–H groups in total. The molecule has 3 aliphatic heterocycles. The maximum absolute atomic E-state index is 6.28. The van der Waals surface area contributed by atoms with Gasteiger partial charge in [0.1, 0.15) is 12.4 Å². The first kappa shape index (κ1) is 24.6. The van der Waals surface area contributed by atoms with E-state index in [-0.39, 0.29) is 0 Å². The molecule has 1 aromatic carbocycles. The number of nitrogens with zero attached hydrogens (tertiary/aromatic N) is 2. The van der Waals surface area contributed by atoms with Crippen molar-refractivity contribution < 1.29 is 9.47 Å². The van der Waals surface area contributed by atoms with E-state index in [9.17, 15) is 0 Å². The molecule has 0 spiro atoms. The van der Waals surface area contributed by atoms with E-state index in [4.69, 9.17) is 9.47 Å². The first-order valence-corrected chi connectivity index (χ1v) is 14.3. The van der Waals surface area contributed by atoms with Crippen LogP contribution in [0.5, 0.6) is 5.75 Å². The number of anilines is 1. The van der Waals surface area contributed by atoms with E-state index in [2.05, 4.69) is 83.4 Å². The molecule has 184 valence electrons. The van der Waals surface area contributed by atoms with Gasteiger partial charge in [-0.2, -0.15) is 0 Å². The summed E-state index contributed by atoms with van der Waals surface area (Å²) in [5.41, 5.74) is 4.41. The topological polar surface area (TPSA) is 37.0 Å². The summed E-state index contributed by atoms with van der Waals surface area (Å²) < 4.78 is 12.8. The van der Waals surface area contributed by atoms with Crippen LogP contribution in [0.15, 0.2) is 46.1 Å². The minimum Gasteiger partial charge on any atom is -0.491 e. The van der Waals surface area contributed by atoms with Crippen LogP contribution in [0, 0.1) is 0 Å². The van der Waals surface area contributed by atoms with Crippen LogP contribution in [0.2, 0.25) is 0 Å². The van der Waals surface area contributed by atoms with E-state index in [1.165, 1.54) is 64.7 Å². The maximum Gasteiger partial charge on any atom is 0.162 e. The Hall–Kier alpha value is -1.12. The van der Waals surface area contributed by atoms with Crippen LogP contribution in [0.3, 0.4) is 0 Å². The van der Waals surface area contributed by atoms with E-state index in [1.807, 2.05) is 0 Å². The van der Waals surface area contributed by atoms with Gasteiger partial charge in [0.15, 0.2) is 4.51 Å². The fourth-order valence-corrected chi connectivity index (χ4v) is 6.26. The molecule has 3 heterocycles. The maximum atomic E-state index is 6.28. The molecule has 5 rings (SSSR count). The quantitative estimate of drug-likeness (QED) is 0.365. The van der Waals surface area contributed by atoms with Crippen LogP contribution in [-0.2, 0) is 4.74 Å². The minimum absolute atomic E-state index is 0.588. The number of alkyl halides is 1. The third kappa shape index (κ3) is 5.98. The number of ether oxygens (including phenoxy) is 2. The molecule has 0 amide bonds. The largest absolute Gasteiger partial charge is 0.491 e. The highest BCUT2D eigenvalue weighted by Gasteiger charge is 2.29. The lowest BCUT2D eigenvalue weighted by Gasteiger charge is -2.32. The van der Waals surface area contributed by atoms with Crippen molar-refractivity contribution in [1.29, 1.82) is 0 Å². The summed E-state index contributed by atoms with van der Waals surface area (Å²) >= 11 is 7.62. The van der Waals surface area contributed by atoms with Crippen molar-refractivity contribution in [3.8, 4) is 5.75 Å². The summed E-state index contributed by atoms with van der Waals surface area (Å²) in [5.74, 6) is 0.884. The Morgan fingerprint density at radius 3 is 2.29 bits per heavy atom. The lowest BCUT2D eigenvalue weighted by molar-refractivity contribution is 0.0679. The fraction of sp³-hybridized carbons (Fsp3) is 0.556. The second-order valence-corrected chi connectivity index (χ2v) is 11.7. The van der Waals surface area contributed by atoms with Gasteiger partial charge in [0.2, 0.25) is 0 Å². The van der Waals surface area contributed by atoms with Gasteiger partial charge >= 0.3 is 0 Å². The number of benzene rings is 1. The zero-order chi connectivity index (χ0) is 23.4. The van der Waals surface area contributed by atoms with Gasteiger partial charge in [-0.3, -0.25) is 4.90 Å². The van der Waals surface area contributed by atoms with Crippen LogP contribution in [0.1, 0.15) is 44.1 Å². The summed E-state index contributed by atoms with van der Waals surface area (Å²) in [7, 11) is 0. The van der Waals surface area contributed by atoms with Gasteiger partial charge in [-0.25, -0.2) is 0 Å². The van der Waals surface area contributed by atoms with E-state index in [0.717, 1.165) is 45.8 Å². The van der Waals surface area contributed by atoms with Crippen molar-refractivity contribution in [1.82, 2.24) is 9.80 Å². The number of hydrogen-bond donors (Lipinski definition) is 1. The third-order valence-electron chi connectivity index (χ3n) is 7.14. The van der Waals surface area contributed by atoms with Crippen LogP contribution >= 0.6 is 31.9 Å². The number of likely N-dealkylation sites (tertiary alicyclic amines) is 2. The van der Waals surface area contributed by atoms with Crippen LogP contribution in [0.25, 0.3) is 6.08 Å². The molecule has 34 heavy (non-hydrogen) atoms. The number of piperidine rings is 2. The van der Waals surface area contributed by atoms with Gasteiger partial charge in [-0.05, 0) is 120 Å². The third-order valence-corrected chi connectivity index (χ3v) is 8.65. The molecule has 0 radical (unpaired) electrons. The van der Waals surface area contributed by atoms with Crippen LogP contribution < -0.4 is 10.1 Å². The average molecular weight is 593 g/mol. The minimum atomic E-state index is -0.588. The highest BCUT2D eigenvalue weighted by Crippen LogP contribution is 2.43. The monoisotopic (exact) mass is 591 g/mol. The number of halogens is 2. The number of allylic oxidation sites excluding steroid dienone is 1. The average Bonchev–Trinajstić information content (AvgIpc) is 2.86. The number of nitrogens with one attached hydrogen (secondary N) is 1. The standard InChI is InChI=1S/C27H35Br2N3O2/c28-25-24(33-17-15-31-11-3-1-4-12-31)8-7-22-19-21-9-10-27(29,20-23(21)30-26(22)25)34-18-16-32-13-5-2-6-14-32/h7-10,19-20,30H,1-6,11-18H2. The SMILES string of the molecule is Brc1c(OCCN2CCCCC2)ccc2c1NC1=CC(Br)(OCCN3CCCCC3)C=CC1=C2. The molecule has 0 saturated carbocycles. The highest BCUT2D eigenvalue weighted by atomic mass is 79.9. The molecule has 5 nitrogen and oxygen atoms in total. The van der Waals surface area contributed by atoms with Crippen LogP contribution in [0.4, 0.5) is 5.69 Å². The molecule has 1 aliphatic carbocycles. The Balaban J connectivity index is 1.21. The number of rotatable bonds is 8. The number of hydrogen-bond acceptors (Lipinski definition) is 5. The molecule has 1 unspecified atom stereocenters. The zero-order valence-corrected chi connectivity index (χ0v) is 23.0. The van der Waals surface area contributed by atoms with Crippen molar-refractivity contribution in [2.45, 2.75) is 43.0 Å². The predicted molar refractivity (Wildman–Crippen MR) is 147 cm³/mol. The van der Waals surface area contributed by atoms with E-state index >= 15 is 0 Å². The predicted octanol–water partition coefficient (Wildman–Crippen LogP) is 6.17. The second kappa shape index (κ2) is 11.3. The van der Waals surface area contributed by atoms with Gasteiger partial charge in [0.05, 0.1) is 16.8 Å². The molecular weight excluding hydrogens is 558 g/mol. The first-order valence-electron chi connectivity index (χ1n) is 12.7. The molecule has 2 fully saturated rings. The summed E-state index contributed by atoms with van der Waals surface area (Å²) in [6.45, 7) is 8.14. The van der Waals surface area contributed by atoms with Gasteiger partial charge in [0, 0.05) is 24.4 Å². The van der Waals surface area contributed by atoms with Crippen molar-refractivity contribution >= 4 is 43.6 Å². The second-order valence-electron chi connectivity index (χ2n) is 9.66. The Kier molecular flexibility index (Phi) is 8.16. The van der Waals surface area contributed by atoms with Gasteiger partial charge < -0.3 is 19.7 Å². The normalized spacial score (nSPS) is 25.1. The lowest BCUT2D eigenvalue weighted by atomic mass is 9.96. The van der Waals surface area contributed by atoms with Gasteiger partial charge in [0.25, 0.3) is 0 Å². The van der Waals surface area contributed by atoms with Crippen molar-refractivity contribution in [2.75, 3.05) is 57.8 Å². The smallest absolute Gasteiger partial charge is 0.162 e. The molecule has 2 saturated heterocycles. The molecule has 1 aromatic rings. The summed E-state index contributed by atoms with van der Waals surface area (Å²) in [5, 5.41) is 3.63. The van der Waals surface area contributed by atoms with E-state index < -0.39 is 4.51 Å². The Labute approximate surface area is 220 Å². The molecule has 7 heteroatoms. The first-order chi connectivity index (χ1) is 16.6. The number of fused-ring (bicyclic) bond motifs is 2. The molecule has 4 aliphatic rings. The van der Waals surface area contributed by atoms with Gasteiger partial charge in [-0.15, -0.1) is 0 Å². The van der Waals surface area contributed by atoms with Crippen molar-refractivity contribution in [3.05, 3.63) is 51.7 Å². The Morgan fingerprint density at radius 1 is 0.912 bits per heavy atom. The molecule has 1 atom stereocenters. The lowest BCUT2D eigenvalue weighted by Crippen LogP contribution is -2.35. The zero-order valence-electron chi connectivity index (χ0n) is 19.8.